The van der Waals surface area contributed by atoms with Crippen LogP contribution in [0.4, 0.5) is 5.69 Å². The van der Waals surface area contributed by atoms with Crippen molar-refractivity contribution in [3.8, 4) is 0 Å². The fourth-order valence-electron chi connectivity index (χ4n) is 5.89. The molecule has 0 unspecified atom stereocenters. The number of hydrogen-bond donors (Lipinski definition) is 0. The summed E-state index contributed by atoms with van der Waals surface area (Å²) in [6.45, 7) is 15.0. The molecule has 2 aliphatic heterocycles. The normalized spacial score (nSPS) is 23.5. The van der Waals surface area contributed by atoms with E-state index in [1.807, 2.05) is 24.1 Å². The van der Waals surface area contributed by atoms with E-state index in [4.69, 9.17) is 0 Å². The lowest BCUT2D eigenvalue weighted by Crippen LogP contribution is -2.37. The Morgan fingerprint density at radius 1 is 0.730 bits per heavy atom. The van der Waals surface area contributed by atoms with Crippen LogP contribution < -0.4 is 4.90 Å². The van der Waals surface area contributed by atoms with Gasteiger partial charge in [0.25, 0.3) is 0 Å². The second kappa shape index (κ2) is 15.8. The summed E-state index contributed by atoms with van der Waals surface area (Å²) in [5.74, 6) is 0.918. The third-order valence-corrected chi connectivity index (χ3v) is 10.1. The maximum Gasteiger partial charge on any atom is 0.0361 e. The maximum absolute atomic E-state index is 4.56. The molecule has 0 amide bonds. The zero-order valence-electron chi connectivity index (χ0n) is 23.6. The van der Waals surface area contributed by atoms with Crippen LogP contribution in [-0.4, -0.2) is 90.8 Å². The molecule has 1 aromatic carbocycles. The van der Waals surface area contributed by atoms with Crippen LogP contribution in [0, 0.1) is 5.92 Å². The fourth-order valence-corrected chi connectivity index (χ4v) is 8.11. The molecule has 1 saturated carbocycles. The van der Waals surface area contributed by atoms with Crippen LogP contribution in [0.15, 0.2) is 41.3 Å². The van der Waals surface area contributed by atoms with Crippen molar-refractivity contribution in [2.45, 2.75) is 69.1 Å². The van der Waals surface area contributed by atoms with Gasteiger partial charge in [-0.05, 0) is 99.3 Å². The largest absolute Gasteiger partial charge is 0.378 e. The van der Waals surface area contributed by atoms with E-state index in [1.54, 1.807) is 0 Å². The van der Waals surface area contributed by atoms with Gasteiger partial charge in [-0.1, -0.05) is 32.3 Å². The quantitative estimate of drug-likeness (QED) is 0.278. The average molecular weight is 546 g/mol. The van der Waals surface area contributed by atoms with Gasteiger partial charge < -0.3 is 9.80 Å². The number of piperidine rings is 1. The molecule has 3 fully saturated rings. The van der Waals surface area contributed by atoms with Crippen molar-refractivity contribution in [1.29, 1.82) is 0 Å². The smallest absolute Gasteiger partial charge is 0.0361 e. The molecule has 208 valence electrons. The van der Waals surface area contributed by atoms with Gasteiger partial charge in [-0.3, -0.25) is 0 Å². The van der Waals surface area contributed by atoms with Gasteiger partial charge in [0, 0.05) is 82.6 Å². The third-order valence-electron chi connectivity index (χ3n) is 7.94. The number of anilines is 1. The summed E-state index contributed by atoms with van der Waals surface area (Å²) in [5.41, 5.74) is 2.59. The van der Waals surface area contributed by atoms with Gasteiger partial charge in [-0.15, -0.1) is 0 Å². The summed E-state index contributed by atoms with van der Waals surface area (Å²) in [6, 6.07) is 9.01. The number of rotatable bonds is 7. The summed E-state index contributed by atoms with van der Waals surface area (Å²) in [5, 5.41) is 0. The Labute approximate surface area is 236 Å². The topological polar surface area (TPSA) is 16.2 Å². The molecular weight excluding hydrogens is 494 g/mol. The standard InChI is InChI=1S/C30H51N5S2/c1-27-24-34(36-30-16-14-29(15-17-30)31(2)3)22-10-18-32(26-28-12-6-4-7-13-28)19-11-23-35(25-27)37-33-20-8-5-9-21-33/h14-17,28H,1,4-13,18-26H2,2-3H3. The van der Waals surface area contributed by atoms with Gasteiger partial charge in [0.2, 0.25) is 0 Å². The van der Waals surface area contributed by atoms with E-state index in [2.05, 4.69) is 67.7 Å². The van der Waals surface area contributed by atoms with Crippen LogP contribution in [-0.2, 0) is 0 Å². The summed E-state index contributed by atoms with van der Waals surface area (Å²) < 4.78 is 7.78. The fraction of sp³-hybridized carbons (Fsp3) is 0.733. The van der Waals surface area contributed by atoms with Crippen molar-refractivity contribution >= 4 is 29.8 Å². The predicted octanol–water partition coefficient (Wildman–Crippen LogP) is 6.65. The molecule has 5 nitrogen and oxygen atoms in total. The molecule has 0 atom stereocenters. The Morgan fingerprint density at radius 2 is 1.32 bits per heavy atom. The zero-order valence-corrected chi connectivity index (χ0v) is 25.2. The second-order valence-electron chi connectivity index (χ2n) is 11.5. The van der Waals surface area contributed by atoms with Crippen LogP contribution in [0.1, 0.15) is 64.2 Å². The second-order valence-corrected chi connectivity index (χ2v) is 13.9. The molecule has 1 aromatic rings. The van der Waals surface area contributed by atoms with Crippen LogP contribution in [0.2, 0.25) is 0 Å². The van der Waals surface area contributed by atoms with Gasteiger partial charge in [0.1, 0.15) is 0 Å². The molecule has 37 heavy (non-hydrogen) atoms. The number of hydrogen-bond acceptors (Lipinski definition) is 7. The summed E-state index contributed by atoms with van der Waals surface area (Å²) in [6.07, 6.45) is 13.8. The molecule has 7 heteroatoms. The van der Waals surface area contributed by atoms with Gasteiger partial charge in [0.15, 0.2) is 0 Å². The van der Waals surface area contributed by atoms with E-state index in [-0.39, 0.29) is 0 Å². The first-order valence-electron chi connectivity index (χ1n) is 14.8. The Bertz CT molecular complexity index is 790. The summed E-state index contributed by atoms with van der Waals surface area (Å²) >= 11 is 3.91. The predicted molar refractivity (Wildman–Crippen MR) is 164 cm³/mol. The third kappa shape index (κ3) is 10.4. The lowest BCUT2D eigenvalue weighted by molar-refractivity contribution is 0.189. The van der Waals surface area contributed by atoms with Crippen molar-refractivity contribution in [3.05, 3.63) is 36.4 Å². The molecule has 4 rings (SSSR count). The first-order chi connectivity index (χ1) is 18.0. The highest BCUT2D eigenvalue weighted by Gasteiger charge is 2.21. The summed E-state index contributed by atoms with van der Waals surface area (Å²) in [4.78, 5) is 6.30. The Balaban J connectivity index is 1.41. The molecular formula is C30H51N5S2. The first kappa shape index (κ1) is 29.3. The molecule has 0 N–H and O–H groups in total. The Morgan fingerprint density at radius 3 is 2.00 bits per heavy atom. The summed E-state index contributed by atoms with van der Waals surface area (Å²) in [7, 11) is 4.21. The van der Waals surface area contributed by atoms with E-state index in [0.29, 0.717) is 0 Å². The minimum absolute atomic E-state index is 0.918. The van der Waals surface area contributed by atoms with Gasteiger partial charge in [-0.25, -0.2) is 12.9 Å². The van der Waals surface area contributed by atoms with Gasteiger partial charge in [0.05, 0.1) is 0 Å². The molecule has 2 saturated heterocycles. The lowest BCUT2D eigenvalue weighted by Gasteiger charge is -2.34. The van der Waals surface area contributed by atoms with Crippen molar-refractivity contribution < 1.29 is 0 Å². The van der Waals surface area contributed by atoms with Crippen LogP contribution >= 0.6 is 24.1 Å². The van der Waals surface area contributed by atoms with Crippen LogP contribution in [0.3, 0.4) is 0 Å². The zero-order chi connectivity index (χ0) is 25.9. The molecule has 0 spiro atoms. The SMILES string of the molecule is C=C1CN(Sc2ccc(N(C)C)cc2)CCCN(CC2CCCCC2)CCCN(SN2CCCCC2)C1. The van der Waals surface area contributed by atoms with E-state index in [0.717, 1.165) is 32.1 Å². The molecule has 3 aliphatic rings. The maximum atomic E-state index is 4.56. The first-order valence-corrected chi connectivity index (χ1v) is 16.3. The highest BCUT2D eigenvalue weighted by molar-refractivity contribution is 7.97. The van der Waals surface area contributed by atoms with E-state index < -0.39 is 0 Å². The monoisotopic (exact) mass is 545 g/mol. The van der Waals surface area contributed by atoms with Gasteiger partial charge >= 0.3 is 0 Å². The molecule has 2 heterocycles. The highest BCUT2D eigenvalue weighted by Crippen LogP contribution is 2.29. The highest BCUT2D eigenvalue weighted by atomic mass is 32.2. The average Bonchev–Trinajstić information content (AvgIpc) is 2.89. The molecule has 0 radical (unpaired) electrons. The van der Waals surface area contributed by atoms with E-state index in [9.17, 15) is 0 Å². The van der Waals surface area contributed by atoms with Crippen molar-refractivity contribution in [2.75, 3.05) is 77.9 Å². The van der Waals surface area contributed by atoms with Crippen LogP contribution in [0.25, 0.3) is 0 Å². The van der Waals surface area contributed by atoms with Crippen molar-refractivity contribution in [1.82, 2.24) is 17.8 Å². The molecule has 1 aliphatic carbocycles. The number of benzene rings is 1. The van der Waals surface area contributed by atoms with Gasteiger partial charge in [-0.2, -0.15) is 0 Å². The molecule has 0 aromatic heterocycles. The van der Waals surface area contributed by atoms with E-state index >= 15 is 0 Å². The van der Waals surface area contributed by atoms with Crippen molar-refractivity contribution in [2.24, 2.45) is 5.92 Å². The Hall–Kier alpha value is -0.700. The van der Waals surface area contributed by atoms with E-state index in [1.165, 1.54) is 113 Å². The van der Waals surface area contributed by atoms with Crippen molar-refractivity contribution in [3.63, 3.8) is 0 Å². The number of nitrogens with zero attached hydrogens (tertiary/aromatic N) is 5. The van der Waals surface area contributed by atoms with Crippen LogP contribution in [0.5, 0.6) is 0 Å². The lowest BCUT2D eigenvalue weighted by atomic mass is 9.89. The minimum Gasteiger partial charge on any atom is -0.378 e. The minimum atomic E-state index is 0.918. The Kier molecular flexibility index (Phi) is 12.5. The molecule has 0 bridgehead atoms.